The number of halogens is 1. The van der Waals surface area contributed by atoms with E-state index in [2.05, 4.69) is 5.32 Å². The van der Waals surface area contributed by atoms with Crippen LogP contribution in [0.4, 0.5) is 0 Å². The number of benzene rings is 2. The maximum Gasteiger partial charge on any atom is 0.325 e. The van der Waals surface area contributed by atoms with E-state index in [1.54, 1.807) is 12.1 Å². The number of nitrogens with zero attached hydrogens (tertiary/aromatic N) is 1. The molecule has 1 saturated heterocycles. The molecule has 1 N–H and O–H groups in total. The van der Waals surface area contributed by atoms with E-state index >= 15 is 0 Å². The number of hydrogen-bond donors (Lipinski definition) is 1. The Bertz CT molecular complexity index is 862. The first-order valence-corrected chi connectivity index (χ1v) is 10.1. The largest absolute Gasteiger partial charge is 0.460 e. The summed E-state index contributed by atoms with van der Waals surface area (Å²) in [5.74, 6) is -0.786. The first-order valence-electron chi connectivity index (χ1n) is 8.66. The summed E-state index contributed by atoms with van der Waals surface area (Å²) >= 11 is 7.47. The first-order chi connectivity index (χ1) is 13.5. The zero-order valence-electron chi connectivity index (χ0n) is 15.0. The highest BCUT2D eigenvalue weighted by Gasteiger charge is 2.34. The molecule has 1 fully saturated rings. The smallest absolute Gasteiger partial charge is 0.325 e. The Labute approximate surface area is 172 Å². The molecule has 2 aromatic rings. The van der Waals surface area contributed by atoms with E-state index in [9.17, 15) is 14.4 Å². The van der Waals surface area contributed by atoms with Crippen LogP contribution in [0, 0.1) is 0 Å². The molecule has 6 nitrogen and oxygen atoms in total. The SMILES string of the molecule is O=C(CN1C(=O)CSC1c1cccc(Cl)c1)NCC(=O)OCc1ccccc1. The maximum absolute atomic E-state index is 12.2. The van der Waals surface area contributed by atoms with Gasteiger partial charge in [-0.1, -0.05) is 54.1 Å². The van der Waals surface area contributed by atoms with Crippen LogP contribution in [0.25, 0.3) is 0 Å². The number of thioether (sulfide) groups is 1. The van der Waals surface area contributed by atoms with Crippen molar-refractivity contribution < 1.29 is 19.1 Å². The lowest BCUT2D eigenvalue weighted by atomic mass is 10.2. The van der Waals surface area contributed by atoms with Gasteiger partial charge in [0.15, 0.2) is 0 Å². The van der Waals surface area contributed by atoms with Crippen LogP contribution in [0.15, 0.2) is 54.6 Å². The Morgan fingerprint density at radius 3 is 2.71 bits per heavy atom. The van der Waals surface area contributed by atoms with E-state index < -0.39 is 11.9 Å². The lowest BCUT2D eigenvalue weighted by Crippen LogP contribution is -2.41. The second-order valence-corrected chi connectivity index (χ2v) is 7.67. The predicted octanol–water partition coefficient (Wildman–Crippen LogP) is 2.77. The Kier molecular flexibility index (Phi) is 6.95. The third-order valence-corrected chi connectivity index (χ3v) is 5.58. The molecule has 1 aliphatic rings. The van der Waals surface area contributed by atoms with Crippen molar-refractivity contribution in [1.29, 1.82) is 0 Å². The summed E-state index contributed by atoms with van der Waals surface area (Å²) in [7, 11) is 0. The summed E-state index contributed by atoms with van der Waals surface area (Å²) in [5, 5.41) is 2.80. The minimum Gasteiger partial charge on any atom is -0.460 e. The fourth-order valence-electron chi connectivity index (χ4n) is 2.73. The number of carbonyl (C=O) groups is 3. The van der Waals surface area contributed by atoms with Gasteiger partial charge in [-0.3, -0.25) is 14.4 Å². The molecule has 0 aliphatic carbocycles. The molecule has 3 rings (SSSR count). The maximum atomic E-state index is 12.2. The molecule has 0 radical (unpaired) electrons. The average molecular weight is 419 g/mol. The van der Waals surface area contributed by atoms with E-state index in [-0.39, 0.29) is 31.0 Å². The molecular weight excluding hydrogens is 400 g/mol. The third kappa shape index (κ3) is 5.50. The van der Waals surface area contributed by atoms with Gasteiger partial charge in [0.1, 0.15) is 25.1 Å². The van der Waals surface area contributed by atoms with Crippen molar-refractivity contribution >= 4 is 41.1 Å². The molecule has 1 heterocycles. The number of nitrogens with one attached hydrogen (secondary N) is 1. The van der Waals surface area contributed by atoms with Gasteiger partial charge in [-0.15, -0.1) is 11.8 Å². The van der Waals surface area contributed by atoms with Crippen molar-refractivity contribution in [3.8, 4) is 0 Å². The van der Waals surface area contributed by atoms with Crippen molar-refractivity contribution in [1.82, 2.24) is 10.2 Å². The van der Waals surface area contributed by atoms with Crippen molar-refractivity contribution in [2.75, 3.05) is 18.8 Å². The van der Waals surface area contributed by atoms with E-state index in [4.69, 9.17) is 16.3 Å². The van der Waals surface area contributed by atoms with Crippen LogP contribution in [0.2, 0.25) is 5.02 Å². The Hall–Kier alpha value is -2.51. The summed E-state index contributed by atoms with van der Waals surface area (Å²) in [6.45, 7) is -0.231. The standard InChI is InChI=1S/C20H19ClN2O4S/c21-16-8-4-7-15(9-16)20-23(18(25)13-28-20)11-17(24)22-10-19(26)27-12-14-5-2-1-3-6-14/h1-9,20H,10-13H2,(H,22,24). The predicted molar refractivity (Wildman–Crippen MR) is 108 cm³/mol. The summed E-state index contributed by atoms with van der Waals surface area (Å²) in [6.07, 6.45) is 0. The number of carbonyl (C=O) groups excluding carboxylic acids is 3. The fraction of sp³-hybridized carbons (Fsp3) is 0.250. The van der Waals surface area contributed by atoms with Crippen LogP contribution in [0.3, 0.4) is 0 Å². The average Bonchev–Trinajstić information content (AvgIpc) is 3.06. The van der Waals surface area contributed by atoms with Gasteiger partial charge in [0, 0.05) is 5.02 Å². The molecule has 1 unspecified atom stereocenters. The second kappa shape index (κ2) is 9.61. The van der Waals surface area contributed by atoms with Gasteiger partial charge in [-0.2, -0.15) is 0 Å². The van der Waals surface area contributed by atoms with Crippen LogP contribution in [0.5, 0.6) is 0 Å². The normalized spacial score (nSPS) is 16.1. The van der Waals surface area contributed by atoms with Gasteiger partial charge in [0.2, 0.25) is 11.8 Å². The summed E-state index contributed by atoms with van der Waals surface area (Å²) in [6, 6.07) is 16.5. The highest BCUT2D eigenvalue weighted by Crippen LogP contribution is 2.38. The zero-order chi connectivity index (χ0) is 19.9. The van der Waals surface area contributed by atoms with Crippen molar-refractivity contribution in [3.63, 3.8) is 0 Å². The lowest BCUT2D eigenvalue weighted by Gasteiger charge is -2.23. The van der Waals surface area contributed by atoms with Gasteiger partial charge >= 0.3 is 5.97 Å². The number of esters is 1. The van der Waals surface area contributed by atoms with Gasteiger partial charge in [0.05, 0.1) is 5.75 Å². The molecule has 1 aliphatic heterocycles. The molecule has 146 valence electrons. The van der Waals surface area contributed by atoms with Gasteiger partial charge in [-0.05, 0) is 23.3 Å². The number of ether oxygens (including phenoxy) is 1. The lowest BCUT2D eigenvalue weighted by molar-refractivity contribution is -0.145. The van der Waals surface area contributed by atoms with Crippen LogP contribution in [-0.2, 0) is 25.7 Å². The highest BCUT2D eigenvalue weighted by atomic mass is 35.5. The monoisotopic (exact) mass is 418 g/mol. The summed E-state index contributed by atoms with van der Waals surface area (Å²) in [5.41, 5.74) is 1.73. The van der Waals surface area contributed by atoms with Crippen LogP contribution in [0.1, 0.15) is 16.5 Å². The minimum atomic E-state index is -0.536. The number of amides is 2. The molecule has 1 atom stereocenters. The summed E-state index contributed by atoms with van der Waals surface area (Å²) < 4.78 is 5.12. The molecule has 0 bridgehead atoms. The van der Waals surface area contributed by atoms with Crippen LogP contribution < -0.4 is 5.32 Å². The molecule has 2 amide bonds. The van der Waals surface area contributed by atoms with Crippen molar-refractivity contribution in [2.24, 2.45) is 0 Å². The Morgan fingerprint density at radius 1 is 1.18 bits per heavy atom. The number of hydrogen-bond acceptors (Lipinski definition) is 5. The molecule has 8 heteroatoms. The first kappa shape index (κ1) is 20.2. The van der Waals surface area contributed by atoms with Gasteiger partial charge in [-0.25, -0.2) is 0 Å². The van der Waals surface area contributed by atoms with E-state index in [1.165, 1.54) is 16.7 Å². The fourth-order valence-corrected chi connectivity index (χ4v) is 4.11. The Morgan fingerprint density at radius 2 is 1.96 bits per heavy atom. The summed E-state index contributed by atoms with van der Waals surface area (Å²) in [4.78, 5) is 37.7. The molecular formula is C20H19ClN2O4S. The topological polar surface area (TPSA) is 75.7 Å². The van der Waals surface area contributed by atoms with E-state index in [1.807, 2.05) is 42.5 Å². The molecule has 28 heavy (non-hydrogen) atoms. The zero-order valence-corrected chi connectivity index (χ0v) is 16.5. The third-order valence-electron chi connectivity index (χ3n) is 4.09. The highest BCUT2D eigenvalue weighted by molar-refractivity contribution is 8.00. The van der Waals surface area contributed by atoms with E-state index in [0.29, 0.717) is 10.8 Å². The van der Waals surface area contributed by atoms with E-state index in [0.717, 1.165) is 11.1 Å². The number of rotatable bonds is 7. The van der Waals surface area contributed by atoms with Crippen molar-refractivity contribution in [3.05, 3.63) is 70.7 Å². The van der Waals surface area contributed by atoms with Crippen molar-refractivity contribution in [2.45, 2.75) is 12.0 Å². The Balaban J connectivity index is 1.49. The molecule has 0 aromatic heterocycles. The molecule has 2 aromatic carbocycles. The quantitative estimate of drug-likeness (QED) is 0.700. The van der Waals surface area contributed by atoms with Crippen LogP contribution >= 0.6 is 23.4 Å². The van der Waals surface area contributed by atoms with Gasteiger partial charge < -0.3 is 15.0 Å². The second-order valence-electron chi connectivity index (χ2n) is 6.16. The minimum absolute atomic E-state index is 0.128. The van der Waals surface area contributed by atoms with Gasteiger partial charge in [0.25, 0.3) is 0 Å². The molecule has 0 spiro atoms. The molecule has 0 saturated carbocycles. The van der Waals surface area contributed by atoms with Crippen LogP contribution in [-0.4, -0.2) is 41.5 Å².